The van der Waals surface area contributed by atoms with Crippen LogP contribution in [0.5, 0.6) is 0 Å². The first-order valence-corrected chi connectivity index (χ1v) is 10.0. The maximum absolute atomic E-state index is 12.6. The molecule has 2 aliphatic carbocycles. The van der Waals surface area contributed by atoms with Crippen molar-refractivity contribution in [3.8, 4) is 0 Å². The van der Waals surface area contributed by atoms with E-state index in [2.05, 4.69) is 35.6 Å². The zero-order valence-corrected chi connectivity index (χ0v) is 15.5. The van der Waals surface area contributed by atoms with E-state index in [1.807, 2.05) is 9.80 Å². The van der Waals surface area contributed by atoms with Crippen LogP contribution >= 0.6 is 0 Å². The molecule has 0 radical (unpaired) electrons. The molecule has 0 unspecified atom stereocenters. The lowest BCUT2D eigenvalue weighted by molar-refractivity contribution is -0.139. The summed E-state index contributed by atoms with van der Waals surface area (Å²) >= 11 is 0. The van der Waals surface area contributed by atoms with Crippen LogP contribution in [0.4, 0.5) is 5.69 Å². The molecule has 3 aliphatic rings. The molecule has 1 saturated heterocycles. The Labute approximate surface area is 159 Å². The van der Waals surface area contributed by atoms with E-state index < -0.39 is 0 Å². The third kappa shape index (κ3) is 3.05. The maximum Gasteiger partial charge on any atom is 0.241 e. The molecular formula is C22H25N3O2. The van der Waals surface area contributed by atoms with E-state index in [0.29, 0.717) is 32.7 Å². The molecule has 2 aromatic rings. The number of anilines is 1. The molecule has 1 N–H and O–H groups in total. The van der Waals surface area contributed by atoms with E-state index in [1.54, 1.807) is 0 Å². The van der Waals surface area contributed by atoms with Gasteiger partial charge in [-0.3, -0.25) is 9.59 Å². The molecule has 0 aromatic heterocycles. The summed E-state index contributed by atoms with van der Waals surface area (Å²) in [6.45, 7) is 2.92. The summed E-state index contributed by atoms with van der Waals surface area (Å²) in [4.78, 5) is 28.6. The third-order valence-corrected chi connectivity index (χ3v) is 6.18. The van der Waals surface area contributed by atoms with Crippen LogP contribution in [0.15, 0.2) is 30.3 Å². The molecule has 0 bridgehead atoms. The van der Waals surface area contributed by atoms with Crippen molar-refractivity contribution in [2.75, 3.05) is 38.0 Å². The van der Waals surface area contributed by atoms with Crippen molar-refractivity contribution in [3.05, 3.63) is 41.5 Å². The Morgan fingerprint density at radius 3 is 2.37 bits per heavy atom. The molecule has 0 atom stereocenters. The van der Waals surface area contributed by atoms with E-state index in [9.17, 15) is 9.59 Å². The number of nitrogens with zero attached hydrogens (tertiary/aromatic N) is 2. The number of nitrogens with one attached hydrogen (secondary N) is 1. The van der Waals surface area contributed by atoms with Crippen LogP contribution in [0.3, 0.4) is 0 Å². The Bertz CT molecular complexity index is 901. The van der Waals surface area contributed by atoms with Gasteiger partial charge < -0.3 is 15.1 Å². The zero-order valence-electron chi connectivity index (χ0n) is 15.5. The molecule has 140 valence electrons. The highest BCUT2D eigenvalue weighted by Gasteiger charge is 2.35. The topological polar surface area (TPSA) is 52.7 Å². The Hall–Kier alpha value is -2.56. The second-order valence-electron chi connectivity index (χ2n) is 7.95. The molecule has 5 nitrogen and oxygen atoms in total. The number of aryl methyl sites for hydroxylation is 2. The van der Waals surface area contributed by atoms with Crippen LogP contribution in [0.1, 0.15) is 24.0 Å². The molecule has 5 heteroatoms. The van der Waals surface area contributed by atoms with E-state index in [0.717, 1.165) is 31.4 Å². The van der Waals surface area contributed by atoms with E-state index in [-0.39, 0.29) is 17.7 Å². The third-order valence-electron chi connectivity index (χ3n) is 6.18. The highest BCUT2D eigenvalue weighted by Crippen LogP contribution is 2.35. The SMILES string of the molecule is O=C(CNc1ccc2c3c(cccc13)CC2)N1CCN(C(=O)C2CC2)CC1. The Morgan fingerprint density at radius 1 is 0.926 bits per heavy atom. The molecule has 2 fully saturated rings. The number of hydrogen-bond acceptors (Lipinski definition) is 3. The zero-order chi connectivity index (χ0) is 18.4. The number of carbonyl (C=O) groups excluding carboxylic acids is 2. The lowest BCUT2D eigenvalue weighted by Gasteiger charge is -2.35. The van der Waals surface area contributed by atoms with Gasteiger partial charge in [0.25, 0.3) is 0 Å². The molecule has 2 aromatic carbocycles. The van der Waals surface area contributed by atoms with E-state index in [4.69, 9.17) is 0 Å². The molecular weight excluding hydrogens is 338 g/mol. The highest BCUT2D eigenvalue weighted by molar-refractivity contribution is 6.00. The molecule has 0 spiro atoms. The lowest BCUT2D eigenvalue weighted by atomic mass is 10.0. The second kappa shape index (κ2) is 6.55. The van der Waals surface area contributed by atoms with Gasteiger partial charge in [0.1, 0.15) is 0 Å². The summed E-state index contributed by atoms with van der Waals surface area (Å²) in [5.74, 6) is 0.655. The van der Waals surface area contributed by atoms with Crippen molar-refractivity contribution < 1.29 is 9.59 Å². The predicted octanol–water partition coefficient (Wildman–Crippen LogP) is 2.43. The van der Waals surface area contributed by atoms with Crippen LogP contribution in [-0.2, 0) is 22.4 Å². The van der Waals surface area contributed by atoms with Gasteiger partial charge >= 0.3 is 0 Å². The van der Waals surface area contributed by atoms with Crippen LogP contribution in [0.25, 0.3) is 10.8 Å². The van der Waals surface area contributed by atoms with Crippen molar-refractivity contribution in [3.63, 3.8) is 0 Å². The average molecular weight is 363 g/mol. The largest absolute Gasteiger partial charge is 0.376 e. The summed E-state index contributed by atoms with van der Waals surface area (Å²) in [5, 5.41) is 5.94. The maximum atomic E-state index is 12.6. The van der Waals surface area contributed by atoms with E-state index in [1.165, 1.54) is 21.9 Å². The normalized spacial score (nSPS) is 18.8. The molecule has 27 heavy (non-hydrogen) atoms. The fourth-order valence-electron chi connectivity index (χ4n) is 4.45. The van der Waals surface area contributed by atoms with Gasteiger partial charge in [0.15, 0.2) is 0 Å². The monoisotopic (exact) mass is 363 g/mol. The fraction of sp³-hybridized carbons (Fsp3) is 0.455. The van der Waals surface area contributed by atoms with Crippen molar-refractivity contribution in [2.45, 2.75) is 25.7 Å². The lowest BCUT2D eigenvalue weighted by Crippen LogP contribution is -2.52. The highest BCUT2D eigenvalue weighted by atomic mass is 16.2. The standard InChI is InChI=1S/C22H25N3O2/c26-20(24-10-12-25(13-11-24)22(27)17-6-7-17)14-23-19-9-8-16-5-4-15-2-1-3-18(19)21(15)16/h1-3,8-9,17,23H,4-7,10-14H2. The molecule has 1 saturated carbocycles. The minimum atomic E-state index is 0.108. The van der Waals surface area contributed by atoms with Crippen molar-refractivity contribution in [1.82, 2.24) is 9.80 Å². The first kappa shape index (κ1) is 16.6. The minimum absolute atomic E-state index is 0.108. The summed E-state index contributed by atoms with van der Waals surface area (Å²) in [7, 11) is 0. The van der Waals surface area contributed by atoms with E-state index >= 15 is 0 Å². The van der Waals surface area contributed by atoms with Crippen molar-refractivity contribution >= 4 is 28.3 Å². The van der Waals surface area contributed by atoms with Gasteiger partial charge in [-0.05, 0) is 48.3 Å². The number of piperazine rings is 1. The van der Waals surface area contributed by atoms with Gasteiger partial charge in [0, 0.05) is 43.2 Å². The number of rotatable bonds is 4. The van der Waals surface area contributed by atoms with Gasteiger partial charge in [-0.25, -0.2) is 0 Å². The van der Waals surface area contributed by atoms with Gasteiger partial charge in [-0.2, -0.15) is 0 Å². The van der Waals surface area contributed by atoms with Crippen LogP contribution < -0.4 is 5.32 Å². The van der Waals surface area contributed by atoms with Crippen LogP contribution in [-0.4, -0.2) is 54.3 Å². The number of carbonyl (C=O) groups is 2. The molecule has 1 aliphatic heterocycles. The smallest absolute Gasteiger partial charge is 0.241 e. The Balaban J connectivity index is 1.22. The summed E-state index contributed by atoms with van der Waals surface area (Å²) in [5.41, 5.74) is 3.86. The molecule has 2 amide bonds. The van der Waals surface area contributed by atoms with Crippen LogP contribution in [0, 0.1) is 5.92 Å². The minimum Gasteiger partial charge on any atom is -0.376 e. The Morgan fingerprint density at radius 2 is 1.63 bits per heavy atom. The van der Waals surface area contributed by atoms with Crippen molar-refractivity contribution in [1.29, 1.82) is 0 Å². The first-order valence-electron chi connectivity index (χ1n) is 10.0. The van der Waals surface area contributed by atoms with Gasteiger partial charge in [0.2, 0.25) is 11.8 Å². The number of benzene rings is 2. The number of amides is 2. The quantitative estimate of drug-likeness (QED) is 0.908. The molecule has 1 heterocycles. The number of hydrogen-bond donors (Lipinski definition) is 1. The summed E-state index contributed by atoms with van der Waals surface area (Å²) < 4.78 is 0. The average Bonchev–Trinajstić information content (AvgIpc) is 3.48. The summed E-state index contributed by atoms with van der Waals surface area (Å²) in [6.07, 6.45) is 4.30. The van der Waals surface area contributed by atoms with Gasteiger partial charge in [-0.1, -0.05) is 24.3 Å². The summed E-state index contributed by atoms with van der Waals surface area (Å²) in [6, 6.07) is 10.7. The fourth-order valence-corrected chi connectivity index (χ4v) is 4.45. The second-order valence-corrected chi connectivity index (χ2v) is 7.95. The van der Waals surface area contributed by atoms with Gasteiger partial charge in [-0.15, -0.1) is 0 Å². The predicted molar refractivity (Wildman–Crippen MR) is 106 cm³/mol. The van der Waals surface area contributed by atoms with Gasteiger partial charge in [0.05, 0.1) is 6.54 Å². The Kier molecular flexibility index (Phi) is 4.03. The van der Waals surface area contributed by atoms with Crippen LogP contribution in [0.2, 0.25) is 0 Å². The first-order chi connectivity index (χ1) is 13.2. The molecule has 5 rings (SSSR count). The van der Waals surface area contributed by atoms with Crippen molar-refractivity contribution in [2.24, 2.45) is 5.92 Å².